The minimum atomic E-state index is -3.68. The third-order valence-electron chi connectivity index (χ3n) is 2.85. The fourth-order valence-electron chi connectivity index (χ4n) is 1.82. The van der Waals surface area contributed by atoms with Gasteiger partial charge >= 0.3 is 0 Å². The van der Waals surface area contributed by atoms with Gasteiger partial charge in [0.05, 0.1) is 5.56 Å². The Morgan fingerprint density at radius 2 is 1.89 bits per heavy atom. The number of nitrogens with zero attached hydrogens (tertiary/aromatic N) is 1. The molecule has 0 aliphatic carbocycles. The number of halogens is 1. The lowest BCUT2D eigenvalue weighted by atomic mass is 9.97. The van der Waals surface area contributed by atoms with E-state index >= 15 is 0 Å². The summed E-state index contributed by atoms with van der Waals surface area (Å²) in [5.41, 5.74) is -0.0343. The zero-order chi connectivity index (χ0) is 13.6. The van der Waals surface area contributed by atoms with Crippen molar-refractivity contribution in [3.63, 3.8) is 0 Å². The lowest BCUT2D eigenvalue weighted by molar-refractivity contribution is 0.0841. The number of rotatable bonds is 3. The third kappa shape index (κ3) is 2.07. The number of carbonyl (C=O) groups excluding carboxylic acids is 1. The molecule has 1 aromatic carbocycles. The van der Waals surface area contributed by atoms with Gasteiger partial charge in [-0.1, -0.05) is 41.9 Å². The average molecular weight is 332 g/mol. The van der Waals surface area contributed by atoms with Gasteiger partial charge in [-0.15, -0.1) is 0 Å². The summed E-state index contributed by atoms with van der Waals surface area (Å²) in [6, 6.07) is 6.33. The van der Waals surface area contributed by atoms with Gasteiger partial charge in [0.15, 0.2) is 0 Å². The standard InChI is InChI=1S/C12H14BrNO3S/c1-12(2,7-13)8-14-11(15)9-5-3-4-6-10(9)18(14,16)17/h3-6H,7-8H2,1-2H3. The Bertz CT molecular complexity index is 595. The van der Waals surface area contributed by atoms with Crippen LogP contribution in [0.25, 0.3) is 0 Å². The van der Waals surface area contributed by atoms with Gasteiger partial charge < -0.3 is 0 Å². The van der Waals surface area contributed by atoms with E-state index in [1.807, 2.05) is 13.8 Å². The number of benzene rings is 1. The zero-order valence-corrected chi connectivity index (χ0v) is 12.6. The van der Waals surface area contributed by atoms with Crippen LogP contribution < -0.4 is 0 Å². The van der Waals surface area contributed by atoms with Crippen LogP contribution in [0.1, 0.15) is 24.2 Å². The van der Waals surface area contributed by atoms with E-state index in [0.29, 0.717) is 5.33 Å². The number of fused-ring (bicyclic) bond motifs is 1. The molecule has 1 aliphatic rings. The van der Waals surface area contributed by atoms with E-state index in [2.05, 4.69) is 15.9 Å². The summed E-state index contributed by atoms with van der Waals surface area (Å²) in [6.07, 6.45) is 0. The third-order valence-corrected chi connectivity index (χ3v) is 6.15. The van der Waals surface area contributed by atoms with Crippen molar-refractivity contribution in [2.75, 3.05) is 11.9 Å². The van der Waals surface area contributed by atoms with E-state index in [4.69, 9.17) is 0 Å². The summed E-state index contributed by atoms with van der Waals surface area (Å²) >= 11 is 3.34. The van der Waals surface area contributed by atoms with E-state index in [-0.39, 0.29) is 22.4 Å². The predicted molar refractivity (Wildman–Crippen MR) is 72.2 cm³/mol. The van der Waals surface area contributed by atoms with Crippen LogP contribution in [0.4, 0.5) is 0 Å². The van der Waals surface area contributed by atoms with Gasteiger partial charge in [0, 0.05) is 11.9 Å². The molecule has 0 unspecified atom stereocenters. The molecular formula is C12H14BrNO3S. The summed E-state index contributed by atoms with van der Waals surface area (Å²) in [7, 11) is -3.68. The smallest absolute Gasteiger partial charge is 0.268 e. The lowest BCUT2D eigenvalue weighted by Gasteiger charge is -2.27. The average Bonchev–Trinajstić information content (AvgIpc) is 2.51. The normalized spacial score (nSPS) is 17.9. The van der Waals surface area contributed by atoms with Crippen LogP contribution in [0, 0.1) is 5.41 Å². The Balaban J connectivity index is 2.46. The fraction of sp³-hybridized carbons (Fsp3) is 0.417. The quantitative estimate of drug-likeness (QED) is 0.798. The second-order valence-corrected chi connectivity index (χ2v) is 7.50. The Labute approximate surface area is 115 Å². The Morgan fingerprint density at radius 3 is 2.44 bits per heavy atom. The molecule has 0 spiro atoms. The highest BCUT2D eigenvalue weighted by Crippen LogP contribution is 2.33. The lowest BCUT2D eigenvalue weighted by Crippen LogP contribution is -2.39. The van der Waals surface area contributed by atoms with E-state index in [1.165, 1.54) is 6.07 Å². The summed E-state index contributed by atoms with van der Waals surface area (Å²) < 4.78 is 25.5. The molecule has 1 amide bonds. The van der Waals surface area contributed by atoms with E-state index < -0.39 is 15.9 Å². The van der Waals surface area contributed by atoms with Crippen LogP contribution in [0.3, 0.4) is 0 Å². The summed E-state index contributed by atoms with van der Waals surface area (Å²) in [5, 5.41) is 0.621. The second kappa shape index (κ2) is 4.35. The van der Waals surface area contributed by atoms with Crippen molar-refractivity contribution in [2.24, 2.45) is 5.41 Å². The van der Waals surface area contributed by atoms with Crippen LogP contribution >= 0.6 is 15.9 Å². The van der Waals surface area contributed by atoms with Gasteiger partial charge in [-0.05, 0) is 17.5 Å². The highest BCUT2D eigenvalue weighted by atomic mass is 79.9. The highest BCUT2D eigenvalue weighted by Gasteiger charge is 2.42. The number of alkyl halides is 1. The van der Waals surface area contributed by atoms with Gasteiger partial charge in [-0.3, -0.25) is 4.79 Å². The van der Waals surface area contributed by atoms with Crippen molar-refractivity contribution in [3.05, 3.63) is 29.8 Å². The van der Waals surface area contributed by atoms with Crippen molar-refractivity contribution in [1.82, 2.24) is 4.31 Å². The fourth-order valence-corrected chi connectivity index (χ4v) is 3.75. The Hall–Kier alpha value is -0.880. The van der Waals surface area contributed by atoms with Crippen LogP contribution in [0.5, 0.6) is 0 Å². The molecule has 0 N–H and O–H groups in total. The van der Waals surface area contributed by atoms with Crippen molar-refractivity contribution in [1.29, 1.82) is 0 Å². The van der Waals surface area contributed by atoms with Crippen molar-refractivity contribution >= 4 is 31.9 Å². The van der Waals surface area contributed by atoms with Crippen LogP contribution in [0.2, 0.25) is 0 Å². The minimum absolute atomic E-state index is 0.111. The molecule has 2 rings (SSSR count). The van der Waals surface area contributed by atoms with Gasteiger partial charge in [0.2, 0.25) is 0 Å². The van der Waals surface area contributed by atoms with Crippen molar-refractivity contribution < 1.29 is 13.2 Å². The van der Waals surface area contributed by atoms with Gasteiger partial charge in [0.1, 0.15) is 4.90 Å². The Morgan fingerprint density at radius 1 is 1.28 bits per heavy atom. The number of hydrogen-bond acceptors (Lipinski definition) is 3. The van der Waals surface area contributed by atoms with Gasteiger partial charge in [0.25, 0.3) is 15.9 Å². The number of sulfonamides is 1. The maximum absolute atomic E-state index is 12.3. The molecule has 0 aromatic heterocycles. The first-order valence-corrected chi connectivity index (χ1v) is 8.08. The predicted octanol–water partition coefficient (Wildman–Crippen LogP) is 2.25. The molecule has 0 radical (unpaired) electrons. The first-order valence-electron chi connectivity index (χ1n) is 5.52. The summed E-state index contributed by atoms with van der Waals surface area (Å²) in [5.74, 6) is -0.431. The monoisotopic (exact) mass is 331 g/mol. The van der Waals surface area contributed by atoms with Gasteiger partial charge in [-0.2, -0.15) is 0 Å². The number of carbonyl (C=O) groups is 1. The van der Waals surface area contributed by atoms with Crippen molar-refractivity contribution in [3.8, 4) is 0 Å². The molecule has 0 saturated carbocycles. The second-order valence-electron chi connectivity index (χ2n) is 5.11. The highest BCUT2D eigenvalue weighted by molar-refractivity contribution is 9.09. The molecule has 98 valence electrons. The van der Waals surface area contributed by atoms with Crippen LogP contribution in [-0.4, -0.2) is 30.5 Å². The van der Waals surface area contributed by atoms with Crippen LogP contribution in [-0.2, 0) is 10.0 Å². The molecule has 6 heteroatoms. The summed E-state index contributed by atoms with van der Waals surface area (Å²) in [4.78, 5) is 12.2. The molecule has 4 nitrogen and oxygen atoms in total. The number of amides is 1. The minimum Gasteiger partial charge on any atom is -0.268 e. The molecule has 1 heterocycles. The zero-order valence-electron chi connectivity index (χ0n) is 10.2. The summed E-state index contributed by atoms with van der Waals surface area (Å²) in [6.45, 7) is 4.00. The van der Waals surface area contributed by atoms with Crippen molar-refractivity contribution in [2.45, 2.75) is 18.7 Å². The largest absolute Gasteiger partial charge is 0.269 e. The molecule has 0 saturated heterocycles. The maximum atomic E-state index is 12.3. The number of hydrogen-bond donors (Lipinski definition) is 0. The van der Waals surface area contributed by atoms with Crippen LogP contribution in [0.15, 0.2) is 29.2 Å². The molecule has 0 fully saturated rings. The molecule has 1 aliphatic heterocycles. The molecule has 1 aromatic rings. The molecule has 18 heavy (non-hydrogen) atoms. The molecule has 0 bridgehead atoms. The first-order chi connectivity index (χ1) is 8.29. The van der Waals surface area contributed by atoms with E-state index in [9.17, 15) is 13.2 Å². The Kier molecular flexibility index (Phi) is 3.27. The molecule has 0 atom stereocenters. The van der Waals surface area contributed by atoms with Gasteiger partial charge in [-0.25, -0.2) is 12.7 Å². The first kappa shape index (κ1) is 13.5. The maximum Gasteiger partial charge on any atom is 0.269 e. The molecular weight excluding hydrogens is 318 g/mol. The topological polar surface area (TPSA) is 54.5 Å². The van der Waals surface area contributed by atoms with E-state index in [0.717, 1.165) is 4.31 Å². The SMILES string of the molecule is CC(C)(CBr)CN1C(=O)c2ccccc2S1(=O)=O. The van der Waals surface area contributed by atoms with E-state index in [1.54, 1.807) is 18.2 Å².